The second-order valence-corrected chi connectivity index (χ2v) is 11.3. The molecule has 9 heteroatoms. The van der Waals surface area contributed by atoms with Crippen LogP contribution >= 0.6 is 69.8 Å². The van der Waals surface area contributed by atoms with Crippen LogP contribution in [0.1, 0.15) is 28.3 Å². The van der Waals surface area contributed by atoms with E-state index in [0.717, 1.165) is 11.5 Å². The average molecular weight is 524 g/mol. The number of hydrogen-bond donors (Lipinski definition) is 1. The highest BCUT2D eigenvalue weighted by atomic mass is 35.5. The first-order chi connectivity index (χ1) is 14.2. The van der Waals surface area contributed by atoms with Gasteiger partial charge in [-0.2, -0.15) is 11.8 Å². The fourth-order valence-electron chi connectivity index (χ4n) is 3.63. The summed E-state index contributed by atoms with van der Waals surface area (Å²) in [6, 6.07) is 9.85. The van der Waals surface area contributed by atoms with E-state index in [0.29, 0.717) is 44.2 Å². The van der Waals surface area contributed by atoms with E-state index in [4.69, 9.17) is 58.0 Å². The highest BCUT2D eigenvalue weighted by Gasteiger charge is 2.67. The van der Waals surface area contributed by atoms with Crippen molar-refractivity contribution in [3.8, 4) is 0 Å². The summed E-state index contributed by atoms with van der Waals surface area (Å²) >= 11 is 33.0. The zero-order chi connectivity index (χ0) is 21.6. The summed E-state index contributed by atoms with van der Waals surface area (Å²) in [7, 11) is 0. The number of Topliss-reactive ketones (excluding diaryl/α,β-unsaturated/α-hetero) is 1. The van der Waals surface area contributed by atoms with Crippen molar-refractivity contribution in [2.45, 2.75) is 16.7 Å². The third kappa shape index (κ3) is 4.60. The van der Waals surface area contributed by atoms with E-state index in [9.17, 15) is 9.59 Å². The van der Waals surface area contributed by atoms with Crippen LogP contribution in [0, 0.1) is 11.8 Å². The van der Waals surface area contributed by atoms with Crippen LogP contribution in [0.4, 0.5) is 5.69 Å². The van der Waals surface area contributed by atoms with Crippen LogP contribution in [0.5, 0.6) is 0 Å². The molecule has 2 atom stereocenters. The van der Waals surface area contributed by atoms with Gasteiger partial charge >= 0.3 is 0 Å². The quantitative estimate of drug-likeness (QED) is 0.324. The lowest BCUT2D eigenvalue weighted by molar-refractivity contribution is -0.117. The van der Waals surface area contributed by atoms with Gasteiger partial charge in [0.2, 0.25) is 5.91 Å². The first kappa shape index (κ1) is 22.6. The van der Waals surface area contributed by atoms with Gasteiger partial charge in [0.25, 0.3) is 0 Å². The van der Waals surface area contributed by atoms with Gasteiger partial charge in [0, 0.05) is 33.6 Å². The van der Waals surface area contributed by atoms with Gasteiger partial charge in [-0.15, -0.1) is 23.2 Å². The number of carbonyl (C=O) groups excluding carboxylic acids is 2. The largest absolute Gasteiger partial charge is 0.326 e. The zero-order valence-electron chi connectivity index (χ0n) is 15.4. The SMILES string of the molecule is O=C(CC1CSC1)c1cc(NC(=O)C2C(c3cc(Cl)cc(Cl)c3)C2(Cl)Cl)ccc1Cl. The molecule has 0 spiro atoms. The summed E-state index contributed by atoms with van der Waals surface area (Å²) in [6.45, 7) is 0. The van der Waals surface area contributed by atoms with Gasteiger partial charge in [0.15, 0.2) is 5.78 Å². The number of benzene rings is 2. The first-order valence-corrected chi connectivity index (χ1v) is 12.3. The first-order valence-electron chi connectivity index (χ1n) is 9.22. The highest BCUT2D eigenvalue weighted by molar-refractivity contribution is 8.00. The van der Waals surface area contributed by atoms with Crippen LogP contribution in [-0.2, 0) is 4.79 Å². The van der Waals surface area contributed by atoms with E-state index >= 15 is 0 Å². The maximum atomic E-state index is 12.9. The molecule has 2 aromatic carbocycles. The molecule has 30 heavy (non-hydrogen) atoms. The summed E-state index contributed by atoms with van der Waals surface area (Å²) in [6.07, 6.45) is 0.455. The lowest BCUT2D eigenvalue weighted by Crippen LogP contribution is -2.22. The maximum absolute atomic E-state index is 12.9. The van der Waals surface area contributed by atoms with Crippen LogP contribution < -0.4 is 5.32 Å². The molecule has 2 aliphatic rings. The molecular weight excluding hydrogens is 508 g/mol. The standard InChI is InChI=1S/C21H16Cl5NO2S/c22-12-4-11(5-13(23)6-12)18-19(21(18,25)26)20(29)27-14-1-2-16(24)15(7-14)17(28)3-10-8-30-9-10/h1-2,4-7,10,18-19H,3,8-9H2,(H,27,29). The third-order valence-electron chi connectivity index (χ3n) is 5.30. The van der Waals surface area contributed by atoms with Gasteiger partial charge < -0.3 is 5.32 Å². The fraction of sp³-hybridized carbons (Fsp3) is 0.333. The second-order valence-electron chi connectivity index (χ2n) is 7.55. The van der Waals surface area contributed by atoms with Crippen LogP contribution in [-0.4, -0.2) is 27.5 Å². The van der Waals surface area contributed by atoms with Gasteiger partial charge in [-0.05, 0) is 59.4 Å². The van der Waals surface area contributed by atoms with E-state index in [1.807, 2.05) is 11.8 Å². The number of ketones is 1. The third-order valence-corrected chi connectivity index (χ3v) is 8.42. The number of carbonyl (C=O) groups is 2. The summed E-state index contributed by atoms with van der Waals surface area (Å²) in [4.78, 5) is 25.5. The van der Waals surface area contributed by atoms with Gasteiger partial charge in [-0.3, -0.25) is 9.59 Å². The van der Waals surface area contributed by atoms with Gasteiger partial charge in [-0.25, -0.2) is 0 Å². The molecule has 158 valence electrons. The second kappa shape index (κ2) is 8.73. The molecule has 1 N–H and O–H groups in total. The average Bonchev–Trinajstić information content (AvgIpc) is 3.21. The van der Waals surface area contributed by atoms with E-state index in [-0.39, 0.29) is 11.7 Å². The van der Waals surface area contributed by atoms with Crippen LogP contribution in [0.3, 0.4) is 0 Å². The molecule has 1 aliphatic heterocycles. The smallest absolute Gasteiger partial charge is 0.231 e. The molecule has 2 fully saturated rings. The highest BCUT2D eigenvalue weighted by Crippen LogP contribution is 2.65. The van der Waals surface area contributed by atoms with E-state index in [2.05, 4.69) is 5.32 Å². The minimum absolute atomic E-state index is 0.0247. The molecule has 1 heterocycles. The summed E-state index contributed by atoms with van der Waals surface area (Å²) < 4.78 is -1.27. The molecule has 2 unspecified atom stereocenters. The van der Waals surface area contributed by atoms with Crippen molar-refractivity contribution in [3.63, 3.8) is 0 Å². The predicted molar refractivity (Wildman–Crippen MR) is 127 cm³/mol. The number of alkyl halides is 2. The molecule has 0 radical (unpaired) electrons. The minimum Gasteiger partial charge on any atom is -0.326 e. The molecule has 0 bridgehead atoms. The van der Waals surface area contributed by atoms with Crippen molar-refractivity contribution in [2.24, 2.45) is 11.8 Å². The Morgan fingerprint density at radius 3 is 2.30 bits per heavy atom. The minimum atomic E-state index is -1.27. The Morgan fingerprint density at radius 2 is 1.70 bits per heavy atom. The van der Waals surface area contributed by atoms with Crippen molar-refractivity contribution >= 4 is 87.1 Å². The van der Waals surface area contributed by atoms with Crippen molar-refractivity contribution < 1.29 is 9.59 Å². The molecule has 4 rings (SSSR count). The molecule has 1 aliphatic carbocycles. The molecule has 1 saturated heterocycles. The van der Waals surface area contributed by atoms with Crippen molar-refractivity contribution in [1.82, 2.24) is 0 Å². The molecule has 2 aromatic rings. The van der Waals surface area contributed by atoms with E-state index in [1.165, 1.54) is 0 Å². The molecule has 0 aromatic heterocycles. The number of nitrogens with one attached hydrogen (secondary N) is 1. The number of hydrogen-bond acceptors (Lipinski definition) is 3. The van der Waals surface area contributed by atoms with E-state index in [1.54, 1.807) is 36.4 Å². The molecule has 1 amide bonds. The monoisotopic (exact) mass is 521 g/mol. The number of amides is 1. The van der Waals surface area contributed by atoms with Gasteiger partial charge in [0.05, 0.1) is 10.9 Å². The number of halogens is 5. The zero-order valence-corrected chi connectivity index (χ0v) is 20.0. The number of anilines is 1. The van der Waals surface area contributed by atoms with E-state index < -0.39 is 16.2 Å². The maximum Gasteiger partial charge on any atom is 0.231 e. The Bertz CT molecular complexity index is 1000. The van der Waals surface area contributed by atoms with Crippen molar-refractivity contribution in [1.29, 1.82) is 0 Å². The van der Waals surface area contributed by atoms with Crippen LogP contribution in [0.25, 0.3) is 0 Å². The van der Waals surface area contributed by atoms with Crippen LogP contribution in [0.2, 0.25) is 15.1 Å². The molecule has 1 saturated carbocycles. The Kier molecular flexibility index (Phi) is 6.56. The Balaban J connectivity index is 1.49. The topological polar surface area (TPSA) is 46.2 Å². The lowest BCUT2D eigenvalue weighted by atomic mass is 10.00. The van der Waals surface area contributed by atoms with Crippen LogP contribution in [0.15, 0.2) is 36.4 Å². The summed E-state index contributed by atoms with van der Waals surface area (Å²) in [5, 5.41) is 4.06. The number of thioether (sulfide) groups is 1. The number of rotatable bonds is 6. The Labute approximate surface area is 203 Å². The summed E-state index contributed by atoms with van der Waals surface area (Å²) in [5.41, 5.74) is 1.57. The predicted octanol–water partition coefficient (Wildman–Crippen LogP) is 7.11. The fourth-order valence-corrected chi connectivity index (χ4v) is 6.03. The van der Waals surface area contributed by atoms with Gasteiger partial charge in [0.1, 0.15) is 4.33 Å². The Hall–Kier alpha value is -0.620. The molecular formula is C21H16Cl5NO2S. The van der Waals surface area contributed by atoms with Crippen molar-refractivity contribution in [2.75, 3.05) is 16.8 Å². The normalized spacial score (nSPS) is 22.3. The lowest BCUT2D eigenvalue weighted by Gasteiger charge is -2.24. The summed E-state index contributed by atoms with van der Waals surface area (Å²) in [5.74, 6) is 0.870. The Morgan fingerprint density at radius 1 is 1.03 bits per heavy atom. The van der Waals surface area contributed by atoms with Gasteiger partial charge in [-0.1, -0.05) is 34.8 Å². The van der Waals surface area contributed by atoms with Crippen molar-refractivity contribution in [3.05, 3.63) is 62.6 Å². The molecule has 3 nitrogen and oxygen atoms in total.